The molecule has 2 rings (SSSR count). The van der Waals surface area contributed by atoms with Crippen molar-refractivity contribution in [3.8, 4) is 0 Å². The van der Waals surface area contributed by atoms with E-state index in [1.807, 2.05) is 0 Å². The Morgan fingerprint density at radius 2 is 2.26 bits per heavy atom. The van der Waals surface area contributed by atoms with Gasteiger partial charge in [0.05, 0.1) is 11.9 Å². The lowest BCUT2D eigenvalue weighted by Gasteiger charge is -2.18. The van der Waals surface area contributed by atoms with E-state index in [0.717, 1.165) is 25.2 Å². The summed E-state index contributed by atoms with van der Waals surface area (Å²) in [6.07, 6.45) is 2.02. The number of hydrogen-bond donors (Lipinski definition) is 1. The van der Waals surface area contributed by atoms with E-state index >= 15 is 0 Å². The summed E-state index contributed by atoms with van der Waals surface area (Å²) in [6, 6.07) is 5.03. The zero-order valence-electron chi connectivity index (χ0n) is 10.9. The molecule has 0 aromatic carbocycles. The standard InChI is InChI=1S/C14H18FN3S/c1-18(9-11-5-7-19-10-11)6-4-13(16)14-3-2-12(15)8-17-14/h2-3,5,7-8,10,13H,4,6,9,16H2,1H3. The monoisotopic (exact) mass is 279 g/mol. The van der Waals surface area contributed by atoms with Gasteiger partial charge in [-0.15, -0.1) is 0 Å². The van der Waals surface area contributed by atoms with Gasteiger partial charge in [0.2, 0.25) is 0 Å². The maximum Gasteiger partial charge on any atom is 0.141 e. The molecule has 102 valence electrons. The molecule has 0 aliphatic rings. The molecule has 0 aliphatic carbocycles. The van der Waals surface area contributed by atoms with Crippen LogP contribution in [0.2, 0.25) is 0 Å². The average molecular weight is 279 g/mol. The Hall–Kier alpha value is -1.30. The first-order chi connectivity index (χ1) is 9.15. The Bertz CT molecular complexity index is 484. The topological polar surface area (TPSA) is 42.1 Å². The van der Waals surface area contributed by atoms with Gasteiger partial charge in [0.1, 0.15) is 5.82 Å². The van der Waals surface area contributed by atoms with Gasteiger partial charge in [0.25, 0.3) is 0 Å². The third kappa shape index (κ3) is 4.38. The van der Waals surface area contributed by atoms with Crippen molar-refractivity contribution in [2.45, 2.75) is 19.0 Å². The minimum absolute atomic E-state index is 0.148. The molecule has 0 saturated carbocycles. The molecule has 2 aromatic heterocycles. The van der Waals surface area contributed by atoms with Crippen molar-refractivity contribution in [2.24, 2.45) is 5.73 Å². The van der Waals surface area contributed by atoms with Crippen molar-refractivity contribution in [1.82, 2.24) is 9.88 Å². The summed E-state index contributed by atoms with van der Waals surface area (Å²) in [5.74, 6) is -0.328. The van der Waals surface area contributed by atoms with Gasteiger partial charge in [0.15, 0.2) is 0 Å². The Morgan fingerprint density at radius 3 is 2.89 bits per heavy atom. The number of pyridine rings is 1. The molecule has 2 aromatic rings. The van der Waals surface area contributed by atoms with Gasteiger partial charge >= 0.3 is 0 Å². The molecule has 3 nitrogen and oxygen atoms in total. The largest absolute Gasteiger partial charge is 0.323 e. The first-order valence-corrected chi connectivity index (χ1v) is 7.16. The minimum atomic E-state index is -0.328. The van der Waals surface area contributed by atoms with Crippen LogP contribution in [0.3, 0.4) is 0 Å². The van der Waals surface area contributed by atoms with Gasteiger partial charge in [-0.3, -0.25) is 4.98 Å². The quantitative estimate of drug-likeness (QED) is 0.884. The predicted molar refractivity (Wildman–Crippen MR) is 76.4 cm³/mol. The fourth-order valence-corrected chi connectivity index (χ4v) is 2.55. The number of thiophene rings is 1. The van der Waals surface area contributed by atoms with E-state index in [2.05, 4.69) is 33.8 Å². The Labute approximate surface area is 116 Å². The summed E-state index contributed by atoms with van der Waals surface area (Å²) in [5, 5.41) is 4.23. The van der Waals surface area contributed by atoms with Crippen LogP contribution >= 0.6 is 11.3 Å². The SMILES string of the molecule is CN(CCC(N)c1ccc(F)cn1)Cc1ccsc1. The molecule has 0 radical (unpaired) electrons. The van der Waals surface area contributed by atoms with Gasteiger partial charge in [-0.05, 0) is 48.0 Å². The van der Waals surface area contributed by atoms with Crippen LogP contribution in [0, 0.1) is 5.82 Å². The zero-order chi connectivity index (χ0) is 13.7. The van der Waals surface area contributed by atoms with Gasteiger partial charge in [0, 0.05) is 19.1 Å². The van der Waals surface area contributed by atoms with Gasteiger partial charge < -0.3 is 10.6 Å². The fraction of sp³-hybridized carbons (Fsp3) is 0.357. The third-order valence-electron chi connectivity index (χ3n) is 2.98. The van der Waals surface area contributed by atoms with E-state index in [1.54, 1.807) is 17.4 Å². The van der Waals surface area contributed by atoms with Crippen LogP contribution in [0.5, 0.6) is 0 Å². The second-order valence-corrected chi connectivity index (χ2v) is 5.45. The molecule has 0 aliphatic heterocycles. The number of rotatable bonds is 6. The average Bonchev–Trinajstić information content (AvgIpc) is 2.89. The van der Waals surface area contributed by atoms with Crippen LogP contribution < -0.4 is 5.73 Å². The molecule has 2 N–H and O–H groups in total. The van der Waals surface area contributed by atoms with Gasteiger partial charge in [-0.25, -0.2) is 4.39 Å². The number of nitrogens with zero attached hydrogens (tertiary/aromatic N) is 2. The molecule has 1 atom stereocenters. The molecular weight excluding hydrogens is 261 g/mol. The highest BCUT2D eigenvalue weighted by Crippen LogP contribution is 2.13. The Balaban J connectivity index is 1.79. The first kappa shape index (κ1) is 14.1. The maximum atomic E-state index is 12.8. The van der Waals surface area contributed by atoms with E-state index in [-0.39, 0.29) is 11.9 Å². The van der Waals surface area contributed by atoms with Crippen LogP contribution in [0.15, 0.2) is 35.2 Å². The summed E-state index contributed by atoms with van der Waals surface area (Å²) >= 11 is 1.71. The van der Waals surface area contributed by atoms with E-state index in [4.69, 9.17) is 5.73 Å². The maximum absolute atomic E-state index is 12.8. The highest BCUT2D eigenvalue weighted by molar-refractivity contribution is 7.07. The highest BCUT2D eigenvalue weighted by atomic mass is 32.1. The van der Waals surface area contributed by atoms with E-state index in [0.29, 0.717) is 0 Å². The summed E-state index contributed by atoms with van der Waals surface area (Å²) in [6.45, 7) is 1.81. The third-order valence-corrected chi connectivity index (χ3v) is 3.72. The molecule has 0 fully saturated rings. The number of hydrogen-bond acceptors (Lipinski definition) is 4. The summed E-state index contributed by atoms with van der Waals surface area (Å²) in [7, 11) is 2.07. The van der Waals surface area contributed by atoms with Gasteiger partial charge in [-0.1, -0.05) is 0 Å². The first-order valence-electron chi connectivity index (χ1n) is 6.22. The minimum Gasteiger partial charge on any atom is -0.323 e. The van der Waals surface area contributed by atoms with Crippen molar-refractivity contribution in [3.63, 3.8) is 0 Å². The summed E-state index contributed by atoms with van der Waals surface area (Å²) in [5.41, 5.74) is 8.12. The van der Waals surface area contributed by atoms with Crippen LogP contribution in [0.1, 0.15) is 23.7 Å². The van der Waals surface area contributed by atoms with Crippen LogP contribution in [-0.4, -0.2) is 23.5 Å². The van der Waals surface area contributed by atoms with Crippen LogP contribution in [0.4, 0.5) is 4.39 Å². The molecule has 0 amide bonds. The predicted octanol–water partition coefficient (Wildman–Crippen LogP) is 2.80. The smallest absolute Gasteiger partial charge is 0.141 e. The van der Waals surface area contributed by atoms with Crippen LogP contribution in [0.25, 0.3) is 0 Å². The van der Waals surface area contributed by atoms with Gasteiger partial charge in [-0.2, -0.15) is 11.3 Å². The van der Waals surface area contributed by atoms with E-state index in [1.165, 1.54) is 17.8 Å². The zero-order valence-corrected chi connectivity index (χ0v) is 11.7. The second kappa shape index (κ2) is 6.75. The molecular formula is C14H18FN3S. The van der Waals surface area contributed by atoms with Crippen molar-refractivity contribution < 1.29 is 4.39 Å². The highest BCUT2D eigenvalue weighted by Gasteiger charge is 2.09. The van der Waals surface area contributed by atoms with Crippen LogP contribution in [-0.2, 0) is 6.54 Å². The number of aromatic nitrogens is 1. The van der Waals surface area contributed by atoms with Crippen molar-refractivity contribution in [2.75, 3.05) is 13.6 Å². The van der Waals surface area contributed by atoms with Crippen molar-refractivity contribution in [3.05, 3.63) is 52.2 Å². The second-order valence-electron chi connectivity index (χ2n) is 4.67. The lowest BCUT2D eigenvalue weighted by molar-refractivity contribution is 0.311. The lowest BCUT2D eigenvalue weighted by Crippen LogP contribution is -2.23. The Morgan fingerprint density at radius 1 is 1.42 bits per heavy atom. The molecule has 2 heterocycles. The molecule has 0 spiro atoms. The molecule has 0 bridgehead atoms. The van der Waals surface area contributed by atoms with E-state index in [9.17, 15) is 4.39 Å². The molecule has 19 heavy (non-hydrogen) atoms. The van der Waals surface area contributed by atoms with Crippen molar-refractivity contribution >= 4 is 11.3 Å². The Kier molecular flexibility index (Phi) is 5.01. The molecule has 1 unspecified atom stereocenters. The molecule has 0 saturated heterocycles. The normalized spacial score (nSPS) is 12.8. The van der Waals surface area contributed by atoms with Crippen molar-refractivity contribution in [1.29, 1.82) is 0 Å². The van der Waals surface area contributed by atoms with E-state index < -0.39 is 0 Å². The molecule has 5 heteroatoms. The summed E-state index contributed by atoms with van der Waals surface area (Å²) in [4.78, 5) is 6.24. The summed E-state index contributed by atoms with van der Waals surface area (Å²) < 4.78 is 12.8. The number of halogens is 1. The lowest BCUT2D eigenvalue weighted by atomic mass is 10.1. The number of nitrogens with two attached hydrogens (primary N) is 1. The fourth-order valence-electron chi connectivity index (χ4n) is 1.89.